The number of alkyl halides is 2. The maximum atomic E-state index is 9.62. The maximum Gasteiger partial charge on any atom is 0.229 e. The Labute approximate surface area is 104 Å². The van der Waals surface area contributed by atoms with E-state index in [1.165, 1.54) is 45.3 Å². The molecule has 0 aromatic rings. The van der Waals surface area contributed by atoms with Crippen molar-refractivity contribution >= 4 is 0 Å². The highest BCUT2D eigenvalue weighted by Gasteiger charge is 2.44. The molecule has 0 unspecified atom stereocenters. The Kier molecular flexibility index (Phi) is 9.65. The number of halogens is 2. The predicted octanol–water partition coefficient (Wildman–Crippen LogP) is 3.42. The van der Waals surface area contributed by atoms with E-state index in [1.807, 2.05) is 21.0 Å². The van der Waals surface area contributed by atoms with Crippen molar-refractivity contribution in [2.45, 2.75) is 39.5 Å². The van der Waals surface area contributed by atoms with Crippen molar-refractivity contribution in [2.24, 2.45) is 5.41 Å². The van der Waals surface area contributed by atoms with Crippen molar-refractivity contribution < 1.29 is 13.5 Å². The number of rotatable bonds is 4. The van der Waals surface area contributed by atoms with Gasteiger partial charge < -0.3 is 9.64 Å². The van der Waals surface area contributed by atoms with E-state index >= 15 is 0 Å². The fourth-order valence-electron chi connectivity index (χ4n) is 2.25. The Morgan fingerprint density at radius 1 is 1.12 bits per heavy atom. The number of hydrogen-bond donors (Lipinski definition) is 0. The van der Waals surface area contributed by atoms with Gasteiger partial charge in [-0.2, -0.15) is 0 Å². The fourth-order valence-corrected chi connectivity index (χ4v) is 2.25. The summed E-state index contributed by atoms with van der Waals surface area (Å²) in [7, 11) is 1.82. The third-order valence-electron chi connectivity index (χ3n) is 3.17. The Hall–Kier alpha value is -0.220. The van der Waals surface area contributed by atoms with Crippen LogP contribution in [0.4, 0.5) is 8.78 Å². The Morgan fingerprint density at radius 2 is 1.59 bits per heavy atom. The standard InChI is InChI=1S/C10H19NO.C2H6.CH2F2/c1-12-9-10(4-5-10)8-11-6-2-3-7-11;1-2;2-1-3/h2-9H2,1H3;1-2H3;1H2. The second kappa shape index (κ2) is 9.77. The Morgan fingerprint density at radius 3 is 1.94 bits per heavy atom. The summed E-state index contributed by atoms with van der Waals surface area (Å²) in [4.78, 5) is 2.60. The van der Waals surface area contributed by atoms with Crippen LogP contribution in [0.1, 0.15) is 39.5 Å². The molecule has 1 saturated carbocycles. The van der Waals surface area contributed by atoms with Crippen LogP contribution < -0.4 is 0 Å². The minimum absolute atomic E-state index is 0.569. The van der Waals surface area contributed by atoms with Crippen molar-refractivity contribution in [3.05, 3.63) is 0 Å². The van der Waals surface area contributed by atoms with Gasteiger partial charge in [0.15, 0.2) is 0 Å². The van der Waals surface area contributed by atoms with Crippen LogP contribution in [0.15, 0.2) is 0 Å². The first-order chi connectivity index (χ1) is 8.26. The molecular formula is C13H27F2NO. The third-order valence-corrected chi connectivity index (χ3v) is 3.17. The summed E-state index contributed by atoms with van der Waals surface area (Å²) in [6, 6.07) is 0. The number of hydrogen-bond acceptors (Lipinski definition) is 2. The second-order valence-corrected chi connectivity index (χ2v) is 4.52. The molecule has 0 N–H and O–H groups in total. The highest BCUT2D eigenvalue weighted by molar-refractivity contribution is 4.96. The summed E-state index contributed by atoms with van der Waals surface area (Å²) in [6.07, 6.45) is 5.58. The number of likely N-dealkylation sites (tertiary alicyclic amines) is 1. The molecule has 2 aliphatic rings. The zero-order valence-electron chi connectivity index (χ0n) is 11.5. The van der Waals surface area contributed by atoms with E-state index in [-0.39, 0.29) is 0 Å². The first kappa shape index (κ1) is 16.8. The highest BCUT2D eigenvalue weighted by Crippen LogP contribution is 2.46. The number of ether oxygens (including phenoxy) is 1. The van der Waals surface area contributed by atoms with E-state index < -0.39 is 6.93 Å². The lowest BCUT2D eigenvalue weighted by molar-refractivity contribution is 0.116. The van der Waals surface area contributed by atoms with Gasteiger partial charge in [0.05, 0.1) is 6.61 Å². The average molecular weight is 251 g/mol. The summed E-state index contributed by atoms with van der Waals surface area (Å²) < 4.78 is 24.5. The van der Waals surface area contributed by atoms with Crippen LogP contribution in [0.25, 0.3) is 0 Å². The van der Waals surface area contributed by atoms with Gasteiger partial charge in [-0.1, -0.05) is 13.8 Å². The molecule has 1 aliphatic heterocycles. The third kappa shape index (κ3) is 6.94. The summed E-state index contributed by atoms with van der Waals surface area (Å²) >= 11 is 0. The van der Waals surface area contributed by atoms with E-state index in [4.69, 9.17) is 4.74 Å². The molecule has 0 radical (unpaired) electrons. The molecule has 0 spiro atoms. The summed E-state index contributed by atoms with van der Waals surface area (Å²) in [5, 5.41) is 0. The Balaban J connectivity index is 0.000000450. The minimum Gasteiger partial charge on any atom is -0.384 e. The van der Waals surface area contributed by atoms with Gasteiger partial charge in [-0.25, -0.2) is 8.78 Å². The molecule has 1 heterocycles. The van der Waals surface area contributed by atoms with Crippen LogP contribution >= 0.6 is 0 Å². The van der Waals surface area contributed by atoms with Crippen LogP contribution in [0.5, 0.6) is 0 Å². The quantitative estimate of drug-likeness (QED) is 0.759. The largest absolute Gasteiger partial charge is 0.384 e. The maximum absolute atomic E-state index is 9.62. The van der Waals surface area contributed by atoms with Crippen molar-refractivity contribution in [1.82, 2.24) is 4.90 Å². The molecule has 0 bridgehead atoms. The highest BCUT2D eigenvalue weighted by atomic mass is 19.3. The molecule has 1 aliphatic carbocycles. The van der Waals surface area contributed by atoms with Crippen LogP contribution in [-0.2, 0) is 4.74 Å². The molecule has 104 valence electrons. The molecule has 0 atom stereocenters. The molecule has 2 fully saturated rings. The van der Waals surface area contributed by atoms with Crippen molar-refractivity contribution in [2.75, 3.05) is 40.3 Å². The van der Waals surface area contributed by atoms with E-state index in [0.717, 1.165) is 6.61 Å². The van der Waals surface area contributed by atoms with Crippen LogP contribution in [0.2, 0.25) is 0 Å². The van der Waals surface area contributed by atoms with Gasteiger partial charge >= 0.3 is 0 Å². The zero-order chi connectivity index (χ0) is 13.1. The monoisotopic (exact) mass is 251 g/mol. The number of nitrogens with zero attached hydrogens (tertiary/aromatic N) is 1. The predicted molar refractivity (Wildman–Crippen MR) is 67.6 cm³/mol. The lowest BCUT2D eigenvalue weighted by atomic mass is 10.1. The lowest BCUT2D eigenvalue weighted by Crippen LogP contribution is -2.30. The molecular weight excluding hydrogens is 224 g/mol. The van der Waals surface area contributed by atoms with E-state index in [1.54, 1.807) is 0 Å². The van der Waals surface area contributed by atoms with Gasteiger partial charge in [0, 0.05) is 19.1 Å². The van der Waals surface area contributed by atoms with Gasteiger partial charge in [-0.3, -0.25) is 0 Å². The fraction of sp³-hybridized carbons (Fsp3) is 1.00. The number of methoxy groups -OCH3 is 1. The summed E-state index contributed by atoms with van der Waals surface area (Å²) in [5.74, 6) is 0. The van der Waals surface area contributed by atoms with Gasteiger partial charge in [-0.05, 0) is 38.8 Å². The van der Waals surface area contributed by atoms with Gasteiger partial charge in [0.2, 0.25) is 6.93 Å². The first-order valence-corrected chi connectivity index (χ1v) is 6.59. The minimum atomic E-state index is -1.75. The topological polar surface area (TPSA) is 12.5 Å². The van der Waals surface area contributed by atoms with Crippen molar-refractivity contribution in [3.63, 3.8) is 0 Å². The Bertz CT molecular complexity index is 169. The van der Waals surface area contributed by atoms with Gasteiger partial charge in [0.25, 0.3) is 0 Å². The molecule has 0 amide bonds. The van der Waals surface area contributed by atoms with E-state index in [9.17, 15) is 8.78 Å². The van der Waals surface area contributed by atoms with Gasteiger partial charge in [-0.15, -0.1) is 0 Å². The van der Waals surface area contributed by atoms with Gasteiger partial charge in [0.1, 0.15) is 0 Å². The van der Waals surface area contributed by atoms with Crippen LogP contribution in [-0.4, -0.2) is 45.2 Å². The molecule has 0 aromatic carbocycles. The summed E-state index contributed by atoms with van der Waals surface area (Å²) in [6.45, 7) is 7.17. The zero-order valence-corrected chi connectivity index (χ0v) is 11.5. The lowest BCUT2D eigenvalue weighted by Gasteiger charge is -2.21. The normalized spacial score (nSPS) is 21.0. The van der Waals surface area contributed by atoms with E-state index in [0.29, 0.717) is 5.41 Å². The van der Waals surface area contributed by atoms with Crippen molar-refractivity contribution in [3.8, 4) is 0 Å². The van der Waals surface area contributed by atoms with Crippen LogP contribution in [0.3, 0.4) is 0 Å². The molecule has 0 aromatic heterocycles. The average Bonchev–Trinajstić information content (AvgIpc) is 2.89. The van der Waals surface area contributed by atoms with E-state index in [2.05, 4.69) is 4.90 Å². The second-order valence-electron chi connectivity index (χ2n) is 4.52. The molecule has 1 saturated heterocycles. The SMILES string of the molecule is CC.COCC1(CN2CCCC2)CC1.FCF. The molecule has 2 rings (SSSR count). The van der Waals surface area contributed by atoms with Crippen LogP contribution in [0, 0.1) is 5.41 Å². The summed E-state index contributed by atoms with van der Waals surface area (Å²) in [5.41, 5.74) is 0.569. The molecule has 17 heavy (non-hydrogen) atoms. The molecule has 4 heteroatoms. The first-order valence-electron chi connectivity index (χ1n) is 6.59. The smallest absolute Gasteiger partial charge is 0.229 e. The van der Waals surface area contributed by atoms with Crippen molar-refractivity contribution in [1.29, 1.82) is 0 Å². The molecule has 2 nitrogen and oxygen atoms in total.